The van der Waals surface area contributed by atoms with Crippen molar-refractivity contribution in [2.24, 2.45) is 0 Å². The van der Waals surface area contributed by atoms with Crippen LogP contribution in [0.1, 0.15) is 11.1 Å². The third-order valence-corrected chi connectivity index (χ3v) is 5.84. The highest BCUT2D eigenvalue weighted by molar-refractivity contribution is 8.26. The molecule has 1 aliphatic rings. The molecule has 2 aromatic rings. The molecular weight excluding hydrogens is 448 g/mol. The molecule has 10 heteroatoms. The van der Waals surface area contributed by atoms with Crippen molar-refractivity contribution in [1.29, 1.82) is 0 Å². The van der Waals surface area contributed by atoms with Crippen LogP contribution in [-0.2, 0) is 16.1 Å². The van der Waals surface area contributed by atoms with Gasteiger partial charge in [-0.3, -0.25) is 19.8 Å². The molecule has 1 amide bonds. The largest absolute Gasteiger partial charge is 0.487 e. The van der Waals surface area contributed by atoms with E-state index in [0.29, 0.717) is 38.7 Å². The zero-order chi connectivity index (χ0) is 21.7. The topological polar surface area (TPSA) is 81.9 Å². The van der Waals surface area contributed by atoms with E-state index >= 15 is 0 Å². The molecular formula is C20H17ClN2O5S2. The number of ether oxygens (including phenoxy) is 2. The zero-order valence-electron chi connectivity index (χ0n) is 15.9. The number of carbonyl (C=O) groups excluding carboxylic acids is 1. The minimum absolute atomic E-state index is 0.000331. The summed E-state index contributed by atoms with van der Waals surface area (Å²) in [6.07, 6.45) is 1.72. The van der Waals surface area contributed by atoms with Crippen LogP contribution in [0.5, 0.6) is 5.75 Å². The number of methoxy groups -OCH3 is 1. The second-order valence-corrected chi connectivity index (χ2v) is 8.31. The highest BCUT2D eigenvalue weighted by Crippen LogP contribution is 2.34. The highest BCUT2D eigenvalue weighted by Gasteiger charge is 2.31. The molecule has 0 N–H and O–H groups in total. The number of nitrogens with zero attached hydrogens (tertiary/aromatic N) is 2. The molecule has 0 atom stereocenters. The Balaban J connectivity index is 1.69. The van der Waals surface area contributed by atoms with Gasteiger partial charge in [-0.05, 0) is 29.3 Å². The number of nitro groups is 1. The summed E-state index contributed by atoms with van der Waals surface area (Å²) in [5.74, 6) is 0.275. The Morgan fingerprint density at radius 1 is 1.30 bits per heavy atom. The lowest BCUT2D eigenvalue weighted by Crippen LogP contribution is -2.31. The maximum absolute atomic E-state index is 12.5. The van der Waals surface area contributed by atoms with Crippen LogP contribution in [0.4, 0.5) is 5.69 Å². The Kier molecular flexibility index (Phi) is 7.43. The lowest BCUT2D eigenvalue weighted by atomic mass is 10.2. The molecule has 0 saturated carbocycles. The van der Waals surface area contributed by atoms with Crippen molar-refractivity contribution in [3.63, 3.8) is 0 Å². The van der Waals surface area contributed by atoms with Crippen LogP contribution in [0.25, 0.3) is 6.08 Å². The number of carbonyl (C=O) groups is 1. The number of thiocarbonyl (C=S) groups is 1. The van der Waals surface area contributed by atoms with Gasteiger partial charge >= 0.3 is 0 Å². The molecule has 1 heterocycles. The predicted octanol–water partition coefficient (Wildman–Crippen LogP) is 4.67. The summed E-state index contributed by atoms with van der Waals surface area (Å²) in [7, 11) is 1.57. The molecule has 1 aliphatic heterocycles. The summed E-state index contributed by atoms with van der Waals surface area (Å²) in [5.41, 5.74) is 1.39. The van der Waals surface area contributed by atoms with E-state index < -0.39 is 4.92 Å². The average molecular weight is 465 g/mol. The van der Waals surface area contributed by atoms with E-state index in [2.05, 4.69) is 0 Å². The molecule has 0 bridgehead atoms. The first-order valence-electron chi connectivity index (χ1n) is 8.79. The number of rotatable bonds is 8. The fourth-order valence-corrected chi connectivity index (χ4v) is 4.22. The first-order valence-corrected chi connectivity index (χ1v) is 10.4. The summed E-state index contributed by atoms with van der Waals surface area (Å²) >= 11 is 12.8. The average Bonchev–Trinajstić information content (AvgIpc) is 2.98. The monoisotopic (exact) mass is 464 g/mol. The standard InChI is InChI=1S/C20H17ClN2O5S2/c1-27-8-7-22-19(24)18(30-20(22)29)11-13-5-6-17(16(21)10-13)28-12-14-3-2-4-15(9-14)23(25)26/h2-6,9-11H,7-8,12H2,1H3. The van der Waals surface area contributed by atoms with E-state index in [9.17, 15) is 14.9 Å². The number of thioether (sulfide) groups is 1. The van der Waals surface area contributed by atoms with Crippen LogP contribution < -0.4 is 4.74 Å². The van der Waals surface area contributed by atoms with Crippen molar-refractivity contribution in [1.82, 2.24) is 4.90 Å². The fourth-order valence-electron chi connectivity index (χ4n) is 2.67. The fraction of sp³-hybridized carbons (Fsp3) is 0.200. The van der Waals surface area contributed by atoms with E-state index in [1.54, 1.807) is 43.5 Å². The number of nitro benzene ring substituents is 1. The Hall–Kier alpha value is -2.46. The van der Waals surface area contributed by atoms with Crippen LogP contribution in [0.2, 0.25) is 5.02 Å². The summed E-state index contributed by atoms with van der Waals surface area (Å²) in [4.78, 5) is 24.9. The van der Waals surface area contributed by atoms with Gasteiger partial charge in [0.15, 0.2) is 0 Å². The summed E-state index contributed by atoms with van der Waals surface area (Å²) in [6.45, 7) is 0.949. The SMILES string of the molecule is COCCN1C(=O)C(=Cc2ccc(OCc3cccc([N+](=O)[O-])c3)c(Cl)c2)SC1=S. The lowest BCUT2D eigenvalue weighted by Gasteiger charge is -2.13. The second-order valence-electron chi connectivity index (χ2n) is 6.23. The van der Waals surface area contributed by atoms with Crippen LogP contribution in [0.3, 0.4) is 0 Å². The zero-order valence-corrected chi connectivity index (χ0v) is 18.3. The van der Waals surface area contributed by atoms with Gasteiger partial charge in [-0.2, -0.15) is 0 Å². The van der Waals surface area contributed by atoms with Gasteiger partial charge in [-0.1, -0.05) is 53.8 Å². The highest BCUT2D eigenvalue weighted by atomic mass is 35.5. The van der Waals surface area contributed by atoms with E-state index in [1.807, 2.05) is 0 Å². The van der Waals surface area contributed by atoms with Crippen molar-refractivity contribution < 1.29 is 19.2 Å². The first kappa shape index (κ1) is 22.2. The molecule has 3 rings (SSSR count). The van der Waals surface area contributed by atoms with Gasteiger partial charge in [-0.15, -0.1) is 0 Å². The molecule has 0 aliphatic carbocycles. The van der Waals surface area contributed by atoms with E-state index in [4.69, 9.17) is 33.3 Å². The Morgan fingerprint density at radius 3 is 2.80 bits per heavy atom. The first-order chi connectivity index (χ1) is 14.4. The number of benzene rings is 2. The quantitative estimate of drug-likeness (QED) is 0.243. The van der Waals surface area contributed by atoms with Gasteiger partial charge in [0.05, 0.1) is 28.0 Å². The van der Waals surface area contributed by atoms with Gasteiger partial charge in [0.1, 0.15) is 16.7 Å². The molecule has 2 aromatic carbocycles. The summed E-state index contributed by atoms with van der Waals surface area (Å²) < 4.78 is 11.2. The maximum Gasteiger partial charge on any atom is 0.269 e. The molecule has 30 heavy (non-hydrogen) atoms. The van der Waals surface area contributed by atoms with Gasteiger partial charge in [0.2, 0.25) is 0 Å². The Morgan fingerprint density at radius 2 is 2.10 bits per heavy atom. The van der Waals surface area contributed by atoms with Crippen LogP contribution >= 0.6 is 35.6 Å². The predicted molar refractivity (Wildman–Crippen MR) is 121 cm³/mol. The van der Waals surface area contributed by atoms with Crippen molar-refractivity contribution in [2.75, 3.05) is 20.3 Å². The molecule has 1 fully saturated rings. The number of hydrogen-bond acceptors (Lipinski definition) is 7. The van der Waals surface area contributed by atoms with Gasteiger partial charge < -0.3 is 9.47 Å². The van der Waals surface area contributed by atoms with Crippen molar-refractivity contribution in [2.45, 2.75) is 6.61 Å². The summed E-state index contributed by atoms with van der Waals surface area (Å²) in [6, 6.07) is 11.4. The van der Waals surface area contributed by atoms with Crippen molar-refractivity contribution in [3.8, 4) is 5.75 Å². The summed E-state index contributed by atoms with van der Waals surface area (Å²) in [5, 5.41) is 11.2. The van der Waals surface area contributed by atoms with Crippen LogP contribution in [0, 0.1) is 10.1 Å². The second kappa shape index (κ2) is 10.0. The number of amides is 1. The third kappa shape index (κ3) is 5.37. The number of halogens is 1. The van der Waals surface area contributed by atoms with Crippen molar-refractivity contribution in [3.05, 3.63) is 73.6 Å². The van der Waals surface area contributed by atoms with Crippen molar-refractivity contribution >= 4 is 57.6 Å². The maximum atomic E-state index is 12.5. The molecule has 0 unspecified atom stereocenters. The molecule has 1 saturated heterocycles. The molecule has 0 spiro atoms. The third-order valence-electron chi connectivity index (χ3n) is 4.16. The van der Waals surface area contributed by atoms with Gasteiger partial charge in [0, 0.05) is 19.2 Å². The molecule has 156 valence electrons. The van der Waals surface area contributed by atoms with Crippen LogP contribution in [0.15, 0.2) is 47.4 Å². The van der Waals surface area contributed by atoms with E-state index in [-0.39, 0.29) is 18.2 Å². The molecule has 7 nitrogen and oxygen atoms in total. The number of hydrogen-bond donors (Lipinski definition) is 0. The Bertz CT molecular complexity index is 1030. The normalized spacial score (nSPS) is 15.1. The Labute approximate surface area is 187 Å². The van der Waals surface area contributed by atoms with E-state index in [1.165, 1.54) is 28.8 Å². The molecule has 0 radical (unpaired) electrons. The minimum atomic E-state index is -0.455. The van der Waals surface area contributed by atoms with Gasteiger partial charge in [-0.25, -0.2) is 0 Å². The van der Waals surface area contributed by atoms with E-state index in [0.717, 1.165) is 5.56 Å². The lowest BCUT2D eigenvalue weighted by molar-refractivity contribution is -0.384. The van der Waals surface area contributed by atoms with Gasteiger partial charge in [0.25, 0.3) is 11.6 Å². The minimum Gasteiger partial charge on any atom is -0.487 e. The smallest absolute Gasteiger partial charge is 0.269 e. The van der Waals surface area contributed by atoms with Crippen LogP contribution in [-0.4, -0.2) is 40.3 Å². The number of non-ortho nitro benzene ring substituents is 1. The molecule has 0 aromatic heterocycles.